The molecule has 0 bridgehead atoms. The molecule has 0 spiro atoms. The second-order valence-corrected chi connectivity index (χ2v) is 9.55. The molecule has 150 valence electrons. The van der Waals surface area contributed by atoms with E-state index in [1.165, 1.54) is 6.07 Å². The summed E-state index contributed by atoms with van der Waals surface area (Å²) in [5.74, 6) is 0.368. The summed E-state index contributed by atoms with van der Waals surface area (Å²) in [7, 11) is -3.80. The summed E-state index contributed by atoms with van der Waals surface area (Å²) in [5.41, 5.74) is 3.50. The van der Waals surface area contributed by atoms with Crippen molar-refractivity contribution in [3.8, 4) is 0 Å². The fraction of sp³-hybridized carbons (Fsp3) is 0.409. The fourth-order valence-corrected chi connectivity index (χ4v) is 5.11. The van der Waals surface area contributed by atoms with Crippen molar-refractivity contribution in [2.45, 2.75) is 45.4 Å². The highest BCUT2D eigenvalue weighted by atomic mass is 32.2. The van der Waals surface area contributed by atoms with Crippen LogP contribution in [-0.2, 0) is 10.0 Å². The number of likely N-dealkylation sites (tertiary alicyclic amines) is 1. The van der Waals surface area contributed by atoms with Crippen molar-refractivity contribution >= 4 is 21.6 Å². The predicted molar refractivity (Wildman–Crippen MR) is 112 cm³/mol. The quantitative estimate of drug-likeness (QED) is 0.833. The summed E-state index contributed by atoms with van der Waals surface area (Å²) in [6.07, 6.45) is 2.11. The summed E-state index contributed by atoms with van der Waals surface area (Å²) in [6, 6.07) is 10.5. The molecule has 1 fully saturated rings. The number of hydrogen-bond donors (Lipinski definition) is 1. The Hall–Kier alpha value is -2.34. The molecule has 2 aromatic rings. The Morgan fingerprint density at radius 1 is 1.07 bits per heavy atom. The van der Waals surface area contributed by atoms with E-state index in [0.717, 1.165) is 37.1 Å². The highest BCUT2D eigenvalue weighted by Crippen LogP contribution is 2.25. The lowest BCUT2D eigenvalue weighted by atomic mass is 9.99. The molecular weight excluding hydrogens is 372 g/mol. The number of carbonyl (C=O) groups excluding carboxylic acids is 1. The van der Waals surface area contributed by atoms with Crippen molar-refractivity contribution in [2.24, 2.45) is 5.92 Å². The molecule has 1 amide bonds. The first-order valence-corrected chi connectivity index (χ1v) is 11.2. The first-order chi connectivity index (χ1) is 13.2. The zero-order valence-electron chi connectivity index (χ0n) is 17.0. The van der Waals surface area contributed by atoms with Gasteiger partial charge in [0.05, 0.1) is 10.6 Å². The van der Waals surface area contributed by atoms with Crippen molar-refractivity contribution < 1.29 is 13.2 Å². The van der Waals surface area contributed by atoms with Gasteiger partial charge in [-0.3, -0.25) is 9.52 Å². The van der Waals surface area contributed by atoms with Crippen LogP contribution < -0.4 is 4.72 Å². The average Bonchev–Trinajstić information content (AvgIpc) is 2.63. The summed E-state index contributed by atoms with van der Waals surface area (Å²) >= 11 is 0. The lowest BCUT2D eigenvalue weighted by Crippen LogP contribution is -2.39. The predicted octanol–water partition coefficient (Wildman–Crippen LogP) is 4.28. The topological polar surface area (TPSA) is 66.5 Å². The summed E-state index contributed by atoms with van der Waals surface area (Å²) < 4.78 is 28.7. The standard InChI is InChI=1S/C22H28N2O3S/c1-15-7-10-20(18(4)12-15)23-28(26,27)21-13-19(9-8-17(21)3)22(25)24-11-5-6-16(2)14-24/h7-10,12-13,16,23H,5-6,11,14H2,1-4H3/t16-/m1/s1. The zero-order valence-corrected chi connectivity index (χ0v) is 17.8. The summed E-state index contributed by atoms with van der Waals surface area (Å²) in [5, 5.41) is 0. The molecule has 3 rings (SSSR count). The van der Waals surface area contributed by atoms with E-state index in [0.29, 0.717) is 22.7 Å². The molecule has 1 aliphatic rings. The van der Waals surface area contributed by atoms with Gasteiger partial charge in [0.25, 0.3) is 15.9 Å². The third kappa shape index (κ3) is 4.38. The van der Waals surface area contributed by atoms with E-state index in [2.05, 4.69) is 11.6 Å². The number of benzene rings is 2. The van der Waals surface area contributed by atoms with E-state index in [1.54, 1.807) is 25.1 Å². The smallest absolute Gasteiger partial charge is 0.262 e. The maximum Gasteiger partial charge on any atom is 0.262 e. The molecule has 6 heteroatoms. The van der Waals surface area contributed by atoms with E-state index < -0.39 is 10.0 Å². The summed E-state index contributed by atoms with van der Waals surface area (Å²) in [6.45, 7) is 9.16. The van der Waals surface area contributed by atoms with Gasteiger partial charge in [0.2, 0.25) is 0 Å². The highest BCUT2D eigenvalue weighted by molar-refractivity contribution is 7.92. The Kier molecular flexibility index (Phi) is 5.79. The van der Waals surface area contributed by atoms with Crippen LogP contribution in [-0.4, -0.2) is 32.3 Å². The number of sulfonamides is 1. The molecule has 0 unspecified atom stereocenters. The van der Waals surface area contributed by atoms with E-state index in [1.807, 2.05) is 30.9 Å². The number of carbonyl (C=O) groups is 1. The van der Waals surface area contributed by atoms with Crippen molar-refractivity contribution in [3.05, 3.63) is 58.7 Å². The number of amides is 1. The number of aryl methyl sites for hydroxylation is 3. The van der Waals surface area contributed by atoms with Crippen LogP contribution in [0.4, 0.5) is 5.69 Å². The lowest BCUT2D eigenvalue weighted by Gasteiger charge is -2.31. The monoisotopic (exact) mass is 400 g/mol. The van der Waals surface area contributed by atoms with Gasteiger partial charge >= 0.3 is 0 Å². The second kappa shape index (κ2) is 7.95. The van der Waals surface area contributed by atoms with Gasteiger partial charge in [-0.05, 0) is 68.9 Å². The second-order valence-electron chi connectivity index (χ2n) is 7.90. The number of rotatable bonds is 4. The number of piperidine rings is 1. The van der Waals surface area contributed by atoms with Crippen LogP contribution in [0.1, 0.15) is 46.8 Å². The Morgan fingerprint density at radius 2 is 1.82 bits per heavy atom. The van der Waals surface area contributed by atoms with Gasteiger partial charge in [-0.25, -0.2) is 8.42 Å². The van der Waals surface area contributed by atoms with E-state index >= 15 is 0 Å². The van der Waals surface area contributed by atoms with Gasteiger partial charge < -0.3 is 4.90 Å². The van der Waals surface area contributed by atoms with Crippen LogP contribution in [0.2, 0.25) is 0 Å². The van der Waals surface area contributed by atoms with Crippen molar-refractivity contribution in [1.29, 1.82) is 0 Å². The van der Waals surface area contributed by atoms with Crippen LogP contribution in [0.25, 0.3) is 0 Å². The molecule has 0 aliphatic carbocycles. The molecule has 0 radical (unpaired) electrons. The molecule has 5 nitrogen and oxygen atoms in total. The molecule has 1 N–H and O–H groups in total. The van der Waals surface area contributed by atoms with Crippen LogP contribution in [0.3, 0.4) is 0 Å². The molecule has 1 saturated heterocycles. The van der Waals surface area contributed by atoms with Crippen molar-refractivity contribution in [3.63, 3.8) is 0 Å². The lowest BCUT2D eigenvalue weighted by molar-refractivity contribution is 0.0683. The normalized spacial score (nSPS) is 17.4. The van der Waals surface area contributed by atoms with Crippen molar-refractivity contribution in [2.75, 3.05) is 17.8 Å². The minimum Gasteiger partial charge on any atom is -0.338 e. The van der Waals surface area contributed by atoms with Gasteiger partial charge in [-0.15, -0.1) is 0 Å². The Morgan fingerprint density at radius 3 is 2.50 bits per heavy atom. The van der Waals surface area contributed by atoms with Gasteiger partial charge in [0.15, 0.2) is 0 Å². The minimum atomic E-state index is -3.80. The van der Waals surface area contributed by atoms with Gasteiger partial charge in [0, 0.05) is 18.7 Å². The van der Waals surface area contributed by atoms with Gasteiger partial charge in [0.1, 0.15) is 0 Å². The number of nitrogens with zero attached hydrogens (tertiary/aromatic N) is 1. The first-order valence-electron chi connectivity index (χ1n) is 9.67. The molecule has 0 aromatic heterocycles. The van der Waals surface area contributed by atoms with Crippen LogP contribution >= 0.6 is 0 Å². The Labute approximate surface area is 167 Å². The van der Waals surface area contributed by atoms with E-state index in [4.69, 9.17) is 0 Å². The maximum atomic E-state index is 13.0. The molecule has 2 aromatic carbocycles. The van der Waals surface area contributed by atoms with E-state index in [-0.39, 0.29) is 10.8 Å². The molecule has 28 heavy (non-hydrogen) atoms. The number of hydrogen-bond acceptors (Lipinski definition) is 3. The fourth-order valence-electron chi connectivity index (χ4n) is 3.71. The minimum absolute atomic E-state index is 0.102. The third-order valence-electron chi connectivity index (χ3n) is 5.30. The van der Waals surface area contributed by atoms with Crippen molar-refractivity contribution in [1.82, 2.24) is 4.90 Å². The molecule has 1 atom stereocenters. The molecular formula is C22H28N2O3S. The van der Waals surface area contributed by atoms with Gasteiger partial charge in [-0.1, -0.05) is 30.7 Å². The highest BCUT2D eigenvalue weighted by Gasteiger charge is 2.25. The Balaban J connectivity index is 1.90. The third-order valence-corrected chi connectivity index (χ3v) is 6.80. The largest absolute Gasteiger partial charge is 0.338 e. The average molecular weight is 401 g/mol. The Bertz CT molecular complexity index is 999. The number of nitrogens with one attached hydrogen (secondary N) is 1. The van der Waals surface area contributed by atoms with Crippen LogP contribution in [0.15, 0.2) is 41.3 Å². The first kappa shape index (κ1) is 20.4. The SMILES string of the molecule is Cc1ccc(NS(=O)(=O)c2cc(C(=O)N3CCC[C@@H](C)C3)ccc2C)c(C)c1. The summed E-state index contributed by atoms with van der Waals surface area (Å²) in [4.78, 5) is 14.9. The molecule has 1 heterocycles. The maximum absolute atomic E-state index is 13.0. The zero-order chi connectivity index (χ0) is 20.5. The van der Waals surface area contributed by atoms with Crippen LogP contribution in [0.5, 0.6) is 0 Å². The molecule has 1 aliphatic heterocycles. The number of anilines is 1. The van der Waals surface area contributed by atoms with Gasteiger partial charge in [-0.2, -0.15) is 0 Å². The molecule has 0 saturated carbocycles. The van der Waals surface area contributed by atoms with E-state index in [9.17, 15) is 13.2 Å². The van der Waals surface area contributed by atoms with Crippen LogP contribution in [0, 0.1) is 26.7 Å².